The molecule has 2 atom stereocenters. The number of benzene rings is 1. The highest BCUT2D eigenvalue weighted by Gasteiger charge is 2.14. The normalized spacial score (nSPS) is 14.7. The van der Waals surface area contributed by atoms with E-state index in [0.29, 0.717) is 17.9 Å². The highest BCUT2D eigenvalue weighted by atomic mass is 14.9. The first-order valence-corrected chi connectivity index (χ1v) is 7.64. The highest BCUT2D eigenvalue weighted by Crippen LogP contribution is 2.18. The maximum atomic E-state index is 4.77. The van der Waals surface area contributed by atoms with Gasteiger partial charge < -0.3 is 5.32 Å². The molecule has 20 heavy (non-hydrogen) atoms. The Hall–Kier alpha value is -1.41. The number of rotatable bonds is 6. The maximum absolute atomic E-state index is 4.77. The van der Waals surface area contributed by atoms with Crippen molar-refractivity contribution < 1.29 is 0 Å². The average Bonchev–Trinajstić information content (AvgIpc) is 2.44. The summed E-state index contributed by atoms with van der Waals surface area (Å²) in [7, 11) is 0. The number of nitrogens with zero attached hydrogens (tertiary/aromatic N) is 1. The fourth-order valence-electron chi connectivity index (χ4n) is 2.38. The highest BCUT2D eigenvalue weighted by molar-refractivity contribution is 5.78. The van der Waals surface area contributed by atoms with Gasteiger partial charge in [-0.15, -0.1) is 0 Å². The summed E-state index contributed by atoms with van der Waals surface area (Å²) in [5, 5.41) is 4.74. The number of hydrogen-bond donors (Lipinski definition) is 1. The molecule has 0 aliphatic rings. The summed E-state index contributed by atoms with van der Waals surface area (Å²) in [6.45, 7) is 10.1. The van der Waals surface area contributed by atoms with E-state index in [1.54, 1.807) is 0 Å². The largest absolute Gasteiger partial charge is 0.314 e. The molecule has 0 spiro atoms. The first-order valence-electron chi connectivity index (χ1n) is 7.64. The molecule has 1 N–H and O–H groups in total. The first-order chi connectivity index (χ1) is 9.56. The van der Waals surface area contributed by atoms with Crippen molar-refractivity contribution in [3.8, 4) is 0 Å². The van der Waals surface area contributed by atoms with Crippen LogP contribution in [0.15, 0.2) is 36.4 Å². The molecule has 2 rings (SSSR count). The van der Waals surface area contributed by atoms with E-state index in [-0.39, 0.29) is 0 Å². The van der Waals surface area contributed by atoms with Gasteiger partial charge in [0.15, 0.2) is 0 Å². The smallest absolute Gasteiger partial charge is 0.0705 e. The standard InChI is InChI=1S/C18H26N2/c1-13(2)19-12-15(4)14(3)11-17-10-9-16-7-5-6-8-18(16)20-17/h5-10,13-15,19H,11-12H2,1-4H3. The number of nitrogens with one attached hydrogen (secondary N) is 1. The Morgan fingerprint density at radius 3 is 2.45 bits per heavy atom. The third-order valence-corrected chi connectivity index (χ3v) is 4.01. The Morgan fingerprint density at radius 2 is 1.70 bits per heavy atom. The molecule has 0 saturated carbocycles. The zero-order valence-corrected chi connectivity index (χ0v) is 13.1. The molecule has 2 aromatic rings. The second kappa shape index (κ2) is 6.85. The van der Waals surface area contributed by atoms with Crippen molar-refractivity contribution in [3.05, 3.63) is 42.1 Å². The topological polar surface area (TPSA) is 24.9 Å². The molecule has 108 valence electrons. The lowest BCUT2D eigenvalue weighted by Crippen LogP contribution is -2.31. The molecule has 0 saturated heterocycles. The van der Waals surface area contributed by atoms with Crippen LogP contribution < -0.4 is 5.32 Å². The van der Waals surface area contributed by atoms with E-state index in [0.717, 1.165) is 18.5 Å². The number of para-hydroxylation sites is 1. The molecule has 0 bridgehead atoms. The van der Waals surface area contributed by atoms with Crippen LogP contribution in [0.1, 0.15) is 33.4 Å². The fraction of sp³-hybridized carbons (Fsp3) is 0.500. The van der Waals surface area contributed by atoms with E-state index < -0.39 is 0 Å². The Morgan fingerprint density at radius 1 is 0.950 bits per heavy atom. The van der Waals surface area contributed by atoms with Crippen LogP contribution in [0.4, 0.5) is 0 Å². The maximum Gasteiger partial charge on any atom is 0.0705 e. The molecule has 0 aliphatic carbocycles. The zero-order chi connectivity index (χ0) is 14.5. The molecule has 0 aliphatic heterocycles. The Bertz CT molecular complexity index is 548. The van der Waals surface area contributed by atoms with Crippen molar-refractivity contribution in [1.82, 2.24) is 10.3 Å². The van der Waals surface area contributed by atoms with E-state index in [4.69, 9.17) is 4.98 Å². The van der Waals surface area contributed by atoms with Crippen LogP contribution in [0, 0.1) is 11.8 Å². The zero-order valence-electron chi connectivity index (χ0n) is 13.1. The monoisotopic (exact) mass is 270 g/mol. The predicted molar refractivity (Wildman–Crippen MR) is 86.9 cm³/mol. The van der Waals surface area contributed by atoms with E-state index in [1.165, 1.54) is 11.1 Å². The van der Waals surface area contributed by atoms with Gasteiger partial charge in [0.05, 0.1) is 5.52 Å². The van der Waals surface area contributed by atoms with E-state index in [9.17, 15) is 0 Å². The number of hydrogen-bond acceptors (Lipinski definition) is 2. The Kier molecular flexibility index (Phi) is 5.13. The van der Waals surface area contributed by atoms with Gasteiger partial charge in [-0.05, 0) is 36.9 Å². The lowest BCUT2D eigenvalue weighted by atomic mass is 9.91. The average molecular weight is 270 g/mol. The van der Waals surface area contributed by atoms with Gasteiger partial charge in [0.2, 0.25) is 0 Å². The minimum Gasteiger partial charge on any atom is -0.314 e. The summed E-state index contributed by atoms with van der Waals surface area (Å²) in [5.41, 5.74) is 2.30. The summed E-state index contributed by atoms with van der Waals surface area (Å²) in [4.78, 5) is 4.77. The molecule has 0 radical (unpaired) electrons. The lowest BCUT2D eigenvalue weighted by molar-refractivity contribution is 0.352. The van der Waals surface area contributed by atoms with Crippen LogP contribution in [0.5, 0.6) is 0 Å². The van der Waals surface area contributed by atoms with Crippen LogP contribution in [0.3, 0.4) is 0 Å². The van der Waals surface area contributed by atoms with Gasteiger partial charge in [-0.3, -0.25) is 4.98 Å². The molecule has 2 heteroatoms. The Labute approximate surface area is 122 Å². The van der Waals surface area contributed by atoms with Gasteiger partial charge in [-0.25, -0.2) is 0 Å². The molecule has 0 amide bonds. The quantitative estimate of drug-likeness (QED) is 0.856. The summed E-state index contributed by atoms with van der Waals surface area (Å²) < 4.78 is 0. The van der Waals surface area contributed by atoms with Crippen molar-refractivity contribution >= 4 is 10.9 Å². The van der Waals surface area contributed by atoms with Crippen LogP contribution in [-0.2, 0) is 6.42 Å². The van der Waals surface area contributed by atoms with E-state index in [1.807, 2.05) is 0 Å². The van der Waals surface area contributed by atoms with Gasteiger partial charge in [0, 0.05) is 17.1 Å². The van der Waals surface area contributed by atoms with E-state index >= 15 is 0 Å². The molecular weight excluding hydrogens is 244 g/mol. The van der Waals surface area contributed by atoms with Crippen molar-refractivity contribution in [2.24, 2.45) is 11.8 Å². The third-order valence-electron chi connectivity index (χ3n) is 4.01. The fourth-order valence-corrected chi connectivity index (χ4v) is 2.38. The predicted octanol–water partition coefficient (Wildman–Crippen LogP) is 4.05. The Balaban J connectivity index is 2.00. The number of pyridine rings is 1. The summed E-state index contributed by atoms with van der Waals surface area (Å²) in [6, 6.07) is 13.2. The van der Waals surface area contributed by atoms with Crippen molar-refractivity contribution in [1.29, 1.82) is 0 Å². The molecule has 1 heterocycles. The van der Waals surface area contributed by atoms with Crippen molar-refractivity contribution in [3.63, 3.8) is 0 Å². The lowest BCUT2D eigenvalue weighted by Gasteiger charge is -2.21. The van der Waals surface area contributed by atoms with Gasteiger partial charge in [-0.1, -0.05) is 52.0 Å². The van der Waals surface area contributed by atoms with Gasteiger partial charge in [0.25, 0.3) is 0 Å². The second-order valence-corrected chi connectivity index (χ2v) is 6.22. The van der Waals surface area contributed by atoms with Gasteiger partial charge in [-0.2, -0.15) is 0 Å². The van der Waals surface area contributed by atoms with Crippen LogP contribution in [-0.4, -0.2) is 17.6 Å². The minimum atomic E-state index is 0.559. The molecule has 0 fully saturated rings. The molecule has 2 unspecified atom stereocenters. The first kappa shape index (κ1) is 15.0. The molecule has 2 nitrogen and oxygen atoms in total. The second-order valence-electron chi connectivity index (χ2n) is 6.22. The summed E-state index contributed by atoms with van der Waals surface area (Å²) in [6.07, 6.45) is 1.05. The summed E-state index contributed by atoms with van der Waals surface area (Å²) in [5.74, 6) is 1.29. The third kappa shape index (κ3) is 4.04. The number of fused-ring (bicyclic) bond motifs is 1. The SMILES string of the molecule is CC(C)NCC(C)C(C)Cc1ccc2ccccc2n1. The van der Waals surface area contributed by atoms with Crippen LogP contribution >= 0.6 is 0 Å². The van der Waals surface area contributed by atoms with Crippen molar-refractivity contribution in [2.75, 3.05) is 6.54 Å². The van der Waals surface area contributed by atoms with Gasteiger partial charge in [0.1, 0.15) is 0 Å². The van der Waals surface area contributed by atoms with Crippen LogP contribution in [0.25, 0.3) is 10.9 Å². The number of aromatic nitrogens is 1. The minimum absolute atomic E-state index is 0.559. The van der Waals surface area contributed by atoms with Gasteiger partial charge >= 0.3 is 0 Å². The summed E-state index contributed by atoms with van der Waals surface area (Å²) >= 11 is 0. The molecule has 1 aromatic heterocycles. The molecular formula is C18H26N2. The molecule has 1 aromatic carbocycles. The van der Waals surface area contributed by atoms with E-state index in [2.05, 4.69) is 69.4 Å². The van der Waals surface area contributed by atoms with Crippen LogP contribution in [0.2, 0.25) is 0 Å². The van der Waals surface area contributed by atoms with Crippen molar-refractivity contribution in [2.45, 2.75) is 40.2 Å².